The Kier molecular flexibility index (Phi) is 3.41. The van der Waals surface area contributed by atoms with Crippen LogP contribution in [0.25, 0.3) is 0 Å². The zero-order valence-electron chi connectivity index (χ0n) is 9.43. The molecule has 0 nitrogen and oxygen atoms in total. The zero-order chi connectivity index (χ0) is 11.7. The number of hydrogen-bond acceptors (Lipinski definition) is 0. The van der Waals surface area contributed by atoms with Crippen LogP contribution in [0.15, 0.2) is 41.0 Å². The van der Waals surface area contributed by atoms with Gasteiger partial charge in [0.15, 0.2) is 0 Å². The maximum Gasteiger partial charge on any atom is 0.0447 e. The van der Waals surface area contributed by atoms with E-state index >= 15 is 0 Å². The molecule has 84 valence electrons. The van der Waals surface area contributed by atoms with Gasteiger partial charge in [-0.3, -0.25) is 0 Å². The molecule has 0 spiro atoms. The number of allylic oxidation sites excluding steroid dienone is 4. The van der Waals surface area contributed by atoms with E-state index in [4.69, 9.17) is 23.2 Å². The molecule has 1 unspecified atom stereocenters. The largest absolute Gasteiger partial charge is 0.0885 e. The average Bonchev–Trinajstić information content (AvgIpc) is 2.19. The third-order valence-electron chi connectivity index (χ3n) is 2.91. The van der Waals surface area contributed by atoms with Crippen LogP contribution in [0.5, 0.6) is 0 Å². The molecule has 0 fully saturated rings. The maximum absolute atomic E-state index is 6.29. The van der Waals surface area contributed by atoms with Gasteiger partial charge in [0.25, 0.3) is 0 Å². The number of rotatable bonds is 1. The summed E-state index contributed by atoms with van der Waals surface area (Å²) in [7, 11) is 0. The number of aryl methyl sites for hydroxylation is 1. The van der Waals surface area contributed by atoms with Gasteiger partial charge in [-0.1, -0.05) is 47.0 Å². The van der Waals surface area contributed by atoms with Crippen molar-refractivity contribution in [3.8, 4) is 0 Å². The summed E-state index contributed by atoms with van der Waals surface area (Å²) in [5.74, 6) is 0.221. The Morgan fingerprint density at radius 2 is 1.94 bits per heavy atom. The van der Waals surface area contributed by atoms with Crippen molar-refractivity contribution in [1.82, 2.24) is 0 Å². The average molecular weight is 253 g/mol. The van der Waals surface area contributed by atoms with Crippen LogP contribution in [0.1, 0.15) is 30.4 Å². The third kappa shape index (κ3) is 2.34. The first-order chi connectivity index (χ1) is 7.58. The Morgan fingerprint density at radius 3 is 2.56 bits per heavy atom. The third-order valence-corrected chi connectivity index (χ3v) is 3.61. The first kappa shape index (κ1) is 11.8. The van der Waals surface area contributed by atoms with Crippen LogP contribution < -0.4 is 0 Å². The molecule has 2 heteroatoms. The minimum atomic E-state index is 0.221. The highest BCUT2D eigenvalue weighted by atomic mass is 35.5. The fraction of sp³-hybridized carbons (Fsp3) is 0.286. The van der Waals surface area contributed by atoms with Gasteiger partial charge in [-0.05, 0) is 43.5 Å². The summed E-state index contributed by atoms with van der Waals surface area (Å²) >= 11 is 12.5. The maximum atomic E-state index is 6.29. The van der Waals surface area contributed by atoms with Gasteiger partial charge >= 0.3 is 0 Å². The molecule has 1 aromatic carbocycles. The summed E-state index contributed by atoms with van der Waals surface area (Å²) in [5.41, 5.74) is 3.53. The highest BCUT2D eigenvalue weighted by Gasteiger charge is 2.19. The van der Waals surface area contributed by atoms with Crippen molar-refractivity contribution in [2.45, 2.75) is 26.2 Å². The Labute approximate surface area is 107 Å². The van der Waals surface area contributed by atoms with Crippen LogP contribution >= 0.6 is 23.2 Å². The molecule has 1 aromatic rings. The smallest absolute Gasteiger partial charge is 0.0447 e. The molecule has 2 rings (SSSR count). The van der Waals surface area contributed by atoms with Crippen LogP contribution in [-0.2, 0) is 0 Å². The molecule has 1 aliphatic rings. The van der Waals surface area contributed by atoms with Crippen LogP contribution in [0.2, 0.25) is 5.02 Å². The SMILES string of the molecule is CC1=CCC(c2ccc(C)cc2Cl)C(Cl)=C1. The van der Waals surface area contributed by atoms with Gasteiger partial charge in [0.1, 0.15) is 0 Å². The second kappa shape index (κ2) is 4.65. The van der Waals surface area contributed by atoms with E-state index in [2.05, 4.69) is 25.1 Å². The summed E-state index contributed by atoms with van der Waals surface area (Å²) in [5, 5.41) is 1.69. The van der Waals surface area contributed by atoms with Gasteiger partial charge in [0, 0.05) is 16.0 Å². The molecule has 1 aliphatic carbocycles. The highest BCUT2D eigenvalue weighted by Crippen LogP contribution is 2.38. The van der Waals surface area contributed by atoms with Gasteiger partial charge in [0.05, 0.1) is 0 Å². The van der Waals surface area contributed by atoms with Gasteiger partial charge in [-0.2, -0.15) is 0 Å². The summed E-state index contributed by atoms with van der Waals surface area (Å²) in [6.07, 6.45) is 5.16. The molecule has 1 atom stereocenters. The van der Waals surface area contributed by atoms with Gasteiger partial charge in [-0.15, -0.1) is 0 Å². The van der Waals surface area contributed by atoms with Crippen LogP contribution in [0.4, 0.5) is 0 Å². The number of hydrogen-bond donors (Lipinski definition) is 0. The molecule has 0 saturated heterocycles. The van der Waals surface area contributed by atoms with Crippen LogP contribution in [0.3, 0.4) is 0 Å². The second-order valence-electron chi connectivity index (χ2n) is 4.29. The summed E-state index contributed by atoms with van der Waals surface area (Å²) in [6, 6.07) is 6.15. The molecule has 0 saturated carbocycles. The minimum Gasteiger partial charge on any atom is -0.0885 e. The molecule has 16 heavy (non-hydrogen) atoms. The molecule has 0 amide bonds. The van der Waals surface area contributed by atoms with E-state index in [0.717, 1.165) is 22.0 Å². The minimum absolute atomic E-state index is 0.221. The first-order valence-corrected chi connectivity index (χ1v) is 6.13. The van der Waals surface area contributed by atoms with Crippen molar-refractivity contribution in [2.75, 3.05) is 0 Å². The molecule has 0 heterocycles. The molecule has 0 aromatic heterocycles. The lowest BCUT2D eigenvalue weighted by atomic mass is 9.90. The van der Waals surface area contributed by atoms with E-state index < -0.39 is 0 Å². The fourth-order valence-electron chi connectivity index (χ4n) is 1.98. The van der Waals surface area contributed by atoms with Crippen molar-refractivity contribution in [1.29, 1.82) is 0 Å². The van der Waals surface area contributed by atoms with E-state index in [-0.39, 0.29) is 5.92 Å². The number of halogens is 2. The summed E-state index contributed by atoms with van der Waals surface area (Å²) in [4.78, 5) is 0. The normalized spacial score (nSPS) is 20.4. The van der Waals surface area contributed by atoms with Crippen molar-refractivity contribution in [3.63, 3.8) is 0 Å². The van der Waals surface area contributed by atoms with E-state index in [9.17, 15) is 0 Å². The predicted molar refractivity (Wildman–Crippen MR) is 71.2 cm³/mol. The van der Waals surface area contributed by atoms with Crippen molar-refractivity contribution >= 4 is 23.2 Å². The topological polar surface area (TPSA) is 0 Å². The molecule has 0 radical (unpaired) electrons. The molecular formula is C14H14Cl2. The summed E-state index contributed by atoms with van der Waals surface area (Å²) in [6.45, 7) is 4.10. The fourth-order valence-corrected chi connectivity index (χ4v) is 2.73. The second-order valence-corrected chi connectivity index (χ2v) is 5.13. The molecule has 0 aliphatic heterocycles. The first-order valence-electron chi connectivity index (χ1n) is 5.38. The summed E-state index contributed by atoms with van der Waals surface area (Å²) < 4.78 is 0. The van der Waals surface area contributed by atoms with Crippen molar-refractivity contribution < 1.29 is 0 Å². The van der Waals surface area contributed by atoms with Crippen LogP contribution in [0, 0.1) is 6.92 Å². The van der Waals surface area contributed by atoms with Crippen LogP contribution in [-0.4, -0.2) is 0 Å². The van der Waals surface area contributed by atoms with Crippen molar-refractivity contribution in [2.24, 2.45) is 0 Å². The lowest BCUT2D eigenvalue weighted by Gasteiger charge is -2.20. The van der Waals surface area contributed by atoms with Gasteiger partial charge < -0.3 is 0 Å². The molecule has 0 bridgehead atoms. The van der Waals surface area contributed by atoms with E-state index in [1.165, 1.54) is 11.1 Å². The van der Waals surface area contributed by atoms with Gasteiger partial charge in [0.2, 0.25) is 0 Å². The Balaban J connectivity index is 2.36. The van der Waals surface area contributed by atoms with Gasteiger partial charge in [-0.25, -0.2) is 0 Å². The quantitative estimate of drug-likeness (QED) is 0.644. The Bertz CT molecular complexity index is 470. The molecule has 0 N–H and O–H groups in total. The van der Waals surface area contributed by atoms with Crippen molar-refractivity contribution in [3.05, 3.63) is 57.1 Å². The number of benzene rings is 1. The molecular weight excluding hydrogens is 239 g/mol. The van der Waals surface area contributed by atoms with E-state index in [1.807, 2.05) is 19.1 Å². The monoisotopic (exact) mass is 252 g/mol. The predicted octanol–water partition coefficient (Wildman–Crippen LogP) is 5.20. The van der Waals surface area contributed by atoms with E-state index in [0.29, 0.717) is 0 Å². The lowest BCUT2D eigenvalue weighted by molar-refractivity contribution is 0.828. The standard InChI is InChI=1S/C14H14Cl2/c1-9-3-5-11(13(15)7-9)12-6-4-10(2)8-14(12)16/h3-5,7-8,12H,6H2,1-2H3. The van der Waals surface area contributed by atoms with E-state index in [1.54, 1.807) is 0 Å². The highest BCUT2D eigenvalue weighted by molar-refractivity contribution is 6.33. The zero-order valence-corrected chi connectivity index (χ0v) is 10.9. The Morgan fingerprint density at radius 1 is 1.19 bits per heavy atom. The lowest BCUT2D eigenvalue weighted by Crippen LogP contribution is -2.03. The Hall–Kier alpha value is -0.720.